The quantitative estimate of drug-likeness (QED) is 0.735. The van der Waals surface area contributed by atoms with Gasteiger partial charge in [-0.2, -0.15) is 13.2 Å². The van der Waals surface area contributed by atoms with E-state index in [0.717, 1.165) is 6.07 Å². The number of hydrogen-bond acceptors (Lipinski definition) is 1. The van der Waals surface area contributed by atoms with Gasteiger partial charge in [-0.15, -0.1) is 0 Å². The summed E-state index contributed by atoms with van der Waals surface area (Å²) in [5.41, 5.74) is -1.13. The topological polar surface area (TPSA) is 17.1 Å². The molecule has 1 aromatic rings. The van der Waals surface area contributed by atoms with Gasteiger partial charge in [0.05, 0.1) is 10.4 Å². The van der Waals surface area contributed by atoms with E-state index in [9.17, 15) is 18.0 Å². The van der Waals surface area contributed by atoms with E-state index in [2.05, 4.69) is 15.9 Å². The molecule has 1 nitrogen and oxygen atoms in total. The minimum atomic E-state index is -4.39. The first-order valence-electron chi connectivity index (χ1n) is 5.87. The van der Waals surface area contributed by atoms with Gasteiger partial charge in [-0.25, -0.2) is 0 Å². The van der Waals surface area contributed by atoms with Gasteiger partial charge in [0.2, 0.25) is 0 Å². The molecule has 1 unspecified atom stereocenters. The van der Waals surface area contributed by atoms with E-state index in [1.807, 2.05) is 0 Å². The molecule has 0 spiro atoms. The van der Waals surface area contributed by atoms with E-state index in [0.29, 0.717) is 0 Å². The van der Waals surface area contributed by atoms with Crippen molar-refractivity contribution >= 4 is 21.7 Å². The number of benzene rings is 1. The Morgan fingerprint density at radius 1 is 1.21 bits per heavy atom. The van der Waals surface area contributed by atoms with Gasteiger partial charge >= 0.3 is 6.18 Å². The van der Waals surface area contributed by atoms with Crippen LogP contribution in [0.15, 0.2) is 24.3 Å². The van der Waals surface area contributed by atoms with Crippen molar-refractivity contribution in [3.63, 3.8) is 0 Å². The fourth-order valence-electron chi connectivity index (χ4n) is 1.73. The second-order valence-corrected chi connectivity index (χ2v) is 6.55. The van der Waals surface area contributed by atoms with Crippen molar-refractivity contribution < 1.29 is 18.0 Å². The van der Waals surface area contributed by atoms with Crippen LogP contribution in [-0.2, 0) is 17.4 Å². The molecule has 0 aromatic heterocycles. The van der Waals surface area contributed by atoms with Crippen LogP contribution in [0, 0.1) is 5.41 Å². The van der Waals surface area contributed by atoms with Crippen LogP contribution in [0.1, 0.15) is 31.9 Å². The smallest absolute Gasteiger partial charge is 0.298 e. The Morgan fingerprint density at radius 3 is 2.21 bits per heavy atom. The van der Waals surface area contributed by atoms with E-state index in [1.165, 1.54) is 12.1 Å². The maximum absolute atomic E-state index is 12.8. The van der Waals surface area contributed by atoms with Gasteiger partial charge in [-0.1, -0.05) is 54.9 Å². The van der Waals surface area contributed by atoms with Crippen molar-refractivity contribution in [2.24, 2.45) is 5.41 Å². The molecule has 0 saturated carbocycles. The molecule has 0 aliphatic carbocycles. The highest BCUT2D eigenvalue weighted by Gasteiger charge is 2.35. The normalized spacial score (nSPS) is 14.3. The Bertz CT molecular complexity index is 460. The van der Waals surface area contributed by atoms with E-state index >= 15 is 0 Å². The fraction of sp³-hybridized carbons (Fsp3) is 0.500. The summed E-state index contributed by atoms with van der Waals surface area (Å²) in [5.74, 6) is -0.107. The number of carbonyl (C=O) groups excluding carboxylic acids is 1. The lowest BCUT2D eigenvalue weighted by Gasteiger charge is -2.22. The molecule has 19 heavy (non-hydrogen) atoms. The number of hydrogen-bond donors (Lipinski definition) is 0. The average Bonchev–Trinajstić information content (AvgIpc) is 2.26. The third kappa shape index (κ3) is 4.34. The first-order chi connectivity index (χ1) is 8.53. The number of Topliss-reactive ketones (excluding diaryl/α,β-unsaturated/α-hetero) is 1. The van der Waals surface area contributed by atoms with Gasteiger partial charge in [0.25, 0.3) is 0 Å². The zero-order valence-corrected chi connectivity index (χ0v) is 12.6. The molecule has 0 fully saturated rings. The summed E-state index contributed by atoms with van der Waals surface area (Å²) >= 11 is 3.20. The number of carbonyl (C=O) groups is 1. The highest BCUT2D eigenvalue weighted by molar-refractivity contribution is 9.10. The Labute approximate surface area is 119 Å². The lowest BCUT2D eigenvalue weighted by atomic mass is 9.87. The first-order valence-corrected chi connectivity index (χ1v) is 6.78. The number of halogens is 4. The fourth-order valence-corrected chi connectivity index (χ4v) is 2.77. The van der Waals surface area contributed by atoms with Crippen molar-refractivity contribution in [2.45, 2.75) is 38.2 Å². The van der Waals surface area contributed by atoms with Crippen LogP contribution in [0.2, 0.25) is 0 Å². The largest absolute Gasteiger partial charge is 0.416 e. The molecule has 5 heteroatoms. The summed E-state index contributed by atoms with van der Waals surface area (Å²) in [6, 6.07) is 5.34. The summed E-state index contributed by atoms with van der Waals surface area (Å²) < 4.78 is 38.5. The standard InChI is InChI=1S/C14H16BrF3O/c1-13(2,3)12(19)11(15)8-9-6-4-5-7-10(9)14(16,17)18/h4-7,11H,8H2,1-3H3. The van der Waals surface area contributed by atoms with Crippen molar-refractivity contribution in [3.8, 4) is 0 Å². The second-order valence-electron chi connectivity index (χ2n) is 5.44. The number of alkyl halides is 4. The van der Waals surface area contributed by atoms with Gasteiger partial charge in [0, 0.05) is 5.41 Å². The lowest BCUT2D eigenvalue weighted by molar-refractivity contribution is -0.138. The molecule has 0 heterocycles. The first kappa shape index (κ1) is 16.2. The third-order valence-corrected chi connectivity index (χ3v) is 3.49. The SMILES string of the molecule is CC(C)(C)C(=O)C(Br)Cc1ccccc1C(F)(F)F. The molecule has 1 rings (SSSR count). The summed E-state index contributed by atoms with van der Waals surface area (Å²) in [5, 5.41) is 0. The highest BCUT2D eigenvalue weighted by Crippen LogP contribution is 2.33. The Morgan fingerprint density at radius 2 is 1.74 bits per heavy atom. The van der Waals surface area contributed by atoms with Crippen LogP contribution in [0.5, 0.6) is 0 Å². The predicted molar refractivity (Wildman–Crippen MR) is 72.3 cm³/mol. The molecule has 0 aliphatic rings. The zero-order valence-electron chi connectivity index (χ0n) is 11.0. The van der Waals surface area contributed by atoms with Gasteiger partial charge in [-0.3, -0.25) is 4.79 Å². The summed E-state index contributed by atoms with van der Waals surface area (Å²) in [4.78, 5) is 11.4. The van der Waals surface area contributed by atoms with Gasteiger partial charge in [0.1, 0.15) is 0 Å². The maximum atomic E-state index is 12.8. The molecule has 0 radical (unpaired) electrons. The summed E-state index contributed by atoms with van der Waals surface area (Å²) in [6.45, 7) is 5.25. The average molecular weight is 337 g/mol. The molecule has 0 amide bonds. The maximum Gasteiger partial charge on any atom is 0.416 e. The van der Waals surface area contributed by atoms with Crippen LogP contribution in [-0.4, -0.2) is 10.6 Å². The minimum Gasteiger partial charge on any atom is -0.298 e. The van der Waals surface area contributed by atoms with Crippen molar-refractivity contribution in [1.29, 1.82) is 0 Å². The molecular weight excluding hydrogens is 321 g/mol. The van der Waals surface area contributed by atoms with Gasteiger partial charge in [0.15, 0.2) is 5.78 Å². The van der Waals surface area contributed by atoms with Gasteiger partial charge < -0.3 is 0 Å². The molecule has 1 atom stereocenters. The van der Waals surface area contributed by atoms with Crippen LogP contribution >= 0.6 is 15.9 Å². The molecule has 0 bridgehead atoms. The molecular formula is C14H16BrF3O. The number of ketones is 1. The van der Waals surface area contributed by atoms with Crippen LogP contribution in [0.4, 0.5) is 13.2 Å². The Hall–Kier alpha value is -0.840. The molecule has 0 aliphatic heterocycles. The monoisotopic (exact) mass is 336 g/mol. The van der Waals surface area contributed by atoms with E-state index in [1.54, 1.807) is 26.8 Å². The summed E-state index contributed by atoms with van der Waals surface area (Å²) in [6.07, 6.45) is -4.36. The molecule has 0 saturated heterocycles. The number of rotatable bonds is 3. The second kappa shape index (κ2) is 5.65. The van der Waals surface area contributed by atoms with Crippen LogP contribution in [0.3, 0.4) is 0 Å². The zero-order chi connectivity index (χ0) is 14.8. The summed E-state index contributed by atoms with van der Waals surface area (Å²) in [7, 11) is 0. The van der Waals surface area contributed by atoms with Crippen molar-refractivity contribution in [2.75, 3.05) is 0 Å². The van der Waals surface area contributed by atoms with Crippen molar-refractivity contribution in [3.05, 3.63) is 35.4 Å². The highest BCUT2D eigenvalue weighted by atomic mass is 79.9. The van der Waals surface area contributed by atoms with Crippen LogP contribution < -0.4 is 0 Å². The van der Waals surface area contributed by atoms with Gasteiger partial charge in [-0.05, 0) is 18.1 Å². The van der Waals surface area contributed by atoms with E-state index < -0.39 is 22.0 Å². The Balaban J connectivity index is 2.98. The Kier molecular flexibility index (Phi) is 4.82. The predicted octanol–water partition coefficient (Wildman–Crippen LogP) is 4.63. The third-order valence-electron chi connectivity index (χ3n) is 2.75. The molecule has 1 aromatic carbocycles. The molecule has 106 valence electrons. The van der Waals surface area contributed by atoms with Crippen LogP contribution in [0.25, 0.3) is 0 Å². The van der Waals surface area contributed by atoms with E-state index in [-0.39, 0.29) is 17.8 Å². The minimum absolute atomic E-state index is 0.0335. The van der Waals surface area contributed by atoms with E-state index in [4.69, 9.17) is 0 Å². The van der Waals surface area contributed by atoms with Crippen molar-refractivity contribution in [1.82, 2.24) is 0 Å². The lowest BCUT2D eigenvalue weighted by Crippen LogP contribution is -2.30. The molecule has 0 N–H and O–H groups in total.